The largest absolute Gasteiger partial charge is 0.332 e. The first kappa shape index (κ1) is 9.40. The van der Waals surface area contributed by atoms with Crippen molar-refractivity contribution in [2.45, 2.75) is 32.7 Å². The molecule has 3 rings (SSSR count). The van der Waals surface area contributed by atoms with Crippen molar-refractivity contribution in [3.8, 4) is 0 Å². The third-order valence-corrected chi connectivity index (χ3v) is 4.09. The lowest BCUT2D eigenvalue weighted by Gasteiger charge is -2.29. The molecule has 3 heterocycles. The fourth-order valence-electron chi connectivity index (χ4n) is 3.09. The highest BCUT2D eigenvalue weighted by Crippen LogP contribution is 2.30. The van der Waals surface area contributed by atoms with Crippen LogP contribution in [0.5, 0.6) is 0 Å². The van der Waals surface area contributed by atoms with Crippen LogP contribution < -0.4 is 5.32 Å². The van der Waals surface area contributed by atoms with Gasteiger partial charge >= 0.3 is 0 Å². The van der Waals surface area contributed by atoms with E-state index in [0.29, 0.717) is 0 Å². The molecule has 1 aromatic heterocycles. The lowest BCUT2D eigenvalue weighted by atomic mass is 9.85. The Balaban J connectivity index is 1.78. The van der Waals surface area contributed by atoms with Crippen LogP contribution in [0.1, 0.15) is 24.4 Å². The molecule has 1 fully saturated rings. The lowest BCUT2D eigenvalue weighted by Crippen LogP contribution is -2.28. The summed E-state index contributed by atoms with van der Waals surface area (Å²) in [4.78, 5) is 4.41. The molecule has 3 heteroatoms. The summed E-state index contributed by atoms with van der Waals surface area (Å²) in [6, 6.07) is 0. The Labute approximate surface area is 90.9 Å². The summed E-state index contributed by atoms with van der Waals surface area (Å²) in [6.45, 7) is 5.77. The van der Waals surface area contributed by atoms with Gasteiger partial charge < -0.3 is 9.88 Å². The van der Waals surface area contributed by atoms with E-state index in [1.54, 1.807) is 0 Å². The Bertz CT molecular complexity index is 350. The van der Waals surface area contributed by atoms with E-state index in [4.69, 9.17) is 0 Å². The molecular formula is C12H19N3. The summed E-state index contributed by atoms with van der Waals surface area (Å²) >= 11 is 0. The van der Waals surface area contributed by atoms with Gasteiger partial charge in [-0.2, -0.15) is 0 Å². The standard InChI is InChI=1S/C12H19N3/c1-9-14-7-12-3-2-11(8-15(9)12)10-4-5-13-6-10/h7,10-11,13H,2-6,8H2,1H3. The summed E-state index contributed by atoms with van der Waals surface area (Å²) in [5.74, 6) is 2.97. The van der Waals surface area contributed by atoms with Gasteiger partial charge in [0.05, 0.1) is 0 Å². The molecule has 82 valence electrons. The Morgan fingerprint density at radius 3 is 3.13 bits per heavy atom. The predicted molar refractivity (Wildman–Crippen MR) is 59.8 cm³/mol. The van der Waals surface area contributed by atoms with Crippen LogP contribution in [0.4, 0.5) is 0 Å². The third-order valence-electron chi connectivity index (χ3n) is 4.09. The molecule has 1 N–H and O–H groups in total. The smallest absolute Gasteiger partial charge is 0.105 e. The quantitative estimate of drug-likeness (QED) is 0.750. The average molecular weight is 205 g/mol. The van der Waals surface area contributed by atoms with Crippen LogP contribution in [0.2, 0.25) is 0 Å². The first-order chi connectivity index (χ1) is 7.34. The molecule has 2 atom stereocenters. The number of hydrogen-bond acceptors (Lipinski definition) is 2. The fraction of sp³-hybridized carbons (Fsp3) is 0.750. The molecule has 2 aliphatic heterocycles. The molecule has 1 saturated heterocycles. The molecular weight excluding hydrogens is 186 g/mol. The predicted octanol–water partition coefficient (Wildman–Crippen LogP) is 1.36. The van der Waals surface area contributed by atoms with E-state index in [1.165, 1.54) is 50.4 Å². The van der Waals surface area contributed by atoms with Gasteiger partial charge in [0.15, 0.2) is 0 Å². The highest BCUT2D eigenvalue weighted by molar-refractivity contribution is 5.08. The number of nitrogens with zero attached hydrogens (tertiary/aromatic N) is 2. The first-order valence-electron chi connectivity index (χ1n) is 6.06. The second-order valence-corrected chi connectivity index (χ2v) is 4.96. The van der Waals surface area contributed by atoms with Crippen molar-refractivity contribution in [1.29, 1.82) is 0 Å². The van der Waals surface area contributed by atoms with Crippen molar-refractivity contribution in [1.82, 2.24) is 14.9 Å². The number of imidazole rings is 1. The van der Waals surface area contributed by atoms with Crippen LogP contribution in [-0.2, 0) is 13.0 Å². The number of nitrogens with one attached hydrogen (secondary N) is 1. The molecule has 0 amide bonds. The second-order valence-electron chi connectivity index (χ2n) is 4.96. The van der Waals surface area contributed by atoms with Gasteiger partial charge in [0.1, 0.15) is 5.82 Å². The van der Waals surface area contributed by atoms with Crippen molar-refractivity contribution in [3.05, 3.63) is 17.7 Å². The molecule has 0 spiro atoms. The van der Waals surface area contributed by atoms with Gasteiger partial charge in [-0.3, -0.25) is 0 Å². The normalized spacial score (nSPS) is 30.5. The highest BCUT2D eigenvalue weighted by Gasteiger charge is 2.28. The molecule has 0 saturated carbocycles. The molecule has 1 aromatic rings. The van der Waals surface area contributed by atoms with E-state index >= 15 is 0 Å². The lowest BCUT2D eigenvalue weighted by molar-refractivity contribution is 0.266. The van der Waals surface area contributed by atoms with Crippen molar-refractivity contribution >= 4 is 0 Å². The third kappa shape index (κ3) is 1.59. The molecule has 0 radical (unpaired) electrons. The number of fused-ring (bicyclic) bond motifs is 1. The first-order valence-corrected chi connectivity index (χ1v) is 6.06. The monoisotopic (exact) mass is 205 g/mol. The topological polar surface area (TPSA) is 29.9 Å². The zero-order valence-electron chi connectivity index (χ0n) is 9.37. The summed E-state index contributed by atoms with van der Waals surface area (Å²) in [6.07, 6.45) is 6.01. The van der Waals surface area contributed by atoms with Crippen LogP contribution in [-0.4, -0.2) is 22.6 Å². The minimum Gasteiger partial charge on any atom is -0.332 e. The SMILES string of the molecule is Cc1ncc2n1CC(C1CCNC1)CC2. The van der Waals surface area contributed by atoms with Gasteiger partial charge in [-0.1, -0.05) is 0 Å². The van der Waals surface area contributed by atoms with Crippen molar-refractivity contribution in [2.24, 2.45) is 11.8 Å². The van der Waals surface area contributed by atoms with Crippen LogP contribution in [0.15, 0.2) is 6.20 Å². The van der Waals surface area contributed by atoms with E-state index < -0.39 is 0 Å². The van der Waals surface area contributed by atoms with Gasteiger partial charge in [-0.15, -0.1) is 0 Å². The van der Waals surface area contributed by atoms with Gasteiger partial charge in [0.2, 0.25) is 0 Å². The highest BCUT2D eigenvalue weighted by atomic mass is 15.1. The van der Waals surface area contributed by atoms with E-state index in [1.807, 2.05) is 0 Å². The zero-order chi connectivity index (χ0) is 10.3. The summed E-state index contributed by atoms with van der Waals surface area (Å²) in [7, 11) is 0. The molecule has 3 nitrogen and oxygen atoms in total. The molecule has 2 aliphatic rings. The Morgan fingerprint density at radius 2 is 2.33 bits per heavy atom. The van der Waals surface area contributed by atoms with E-state index in [0.717, 1.165) is 11.8 Å². The summed E-state index contributed by atoms with van der Waals surface area (Å²) in [5.41, 5.74) is 1.44. The number of aromatic nitrogens is 2. The molecule has 0 bridgehead atoms. The van der Waals surface area contributed by atoms with Crippen LogP contribution >= 0.6 is 0 Å². The Morgan fingerprint density at radius 1 is 1.40 bits per heavy atom. The molecule has 2 unspecified atom stereocenters. The number of aryl methyl sites for hydroxylation is 2. The average Bonchev–Trinajstić information content (AvgIpc) is 2.88. The van der Waals surface area contributed by atoms with E-state index in [-0.39, 0.29) is 0 Å². The van der Waals surface area contributed by atoms with Gasteiger partial charge in [-0.05, 0) is 51.1 Å². The van der Waals surface area contributed by atoms with Crippen molar-refractivity contribution in [3.63, 3.8) is 0 Å². The van der Waals surface area contributed by atoms with E-state index in [2.05, 4.69) is 28.0 Å². The number of hydrogen-bond donors (Lipinski definition) is 1. The summed E-state index contributed by atoms with van der Waals surface area (Å²) in [5, 5.41) is 3.48. The number of rotatable bonds is 1. The molecule has 0 aliphatic carbocycles. The van der Waals surface area contributed by atoms with Gasteiger partial charge in [0, 0.05) is 18.4 Å². The van der Waals surface area contributed by atoms with Gasteiger partial charge in [0.25, 0.3) is 0 Å². The Hall–Kier alpha value is -0.830. The zero-order valence-corrected chi connectivity index (χ0v) is 9.37. The van der Waals surface area contributed by atoms with Crippen molar-refractivity contribution in [2.75, 3.05) is 13.1 Å². The van der Waals surface area contributed by atoms with Crippen LogP contribution in [0, 0.1) is 18.8 Å². The minimum absolute atomic E-state index is 0.875. The Kier molecular flexibility index (Phi) is 2.28. The van der Waals surface area contributed by atoms with Crippen LogP contribution in [0.25, 0.3) is 0 Å². The van der Waals surface area contributed by atoms with Gasteiger partial charge in [-0.25, -0.2) is 4.98 Å². The van der Waals surface area contributed by atoms with Crippen LogP contribution in [0.3, 0.4) is 0 Å². The van der Waals surface area contributed by atoms with E-state index in [9.17, 15) is 0 Å². The molecule has 15 heavy (non-hydrogen) atoms. The molecule has 0 aromatic carbocycles. The maximum absolute atomic E-state index is 4.41. The van der Waals surface area contributed by atoms with Crippen molar-refractivity contribution < 1.29 is 0 Å². The fourth-order valence-corrected chi connectivity index (χ4v) is 3.09. The maximum Gasteiger partial charge on any atom is 0.105 e. The second kappa shape index (κ2) is 3.63. The minimum atomic E-state index is 0.875. The maximum atomic E-state index is 4.41. The summed E-state index contributed by atoms with van der Waals surface area (Å²) < 4.78 is 2.42.